The van der Waals surface area contributed by atoms with Crippen molar-refractivity contribution in [1.82, 2.24) is 4.98 Å². The lowest BCUT2D eigenvalue weighted by molar-refractivity contribution is 0.303. The Bertz CT molecular complexity index is 1010. The summed E-state index contributed by atoms with van der Waals surface area (Å²) in [5.41, 5.74) is 9.20. The summed E-state index contributed by atoms with van der Waals surface area (Å²) in [5.74, 6) is 0.898. The number of nitrogens with two attached hydrogens (primary N) is 1. The van der Waals surface area contributed by atoms with Crippen molar-refractivity contribution >= 4 is 39.1 Å². The highest BCUT2D eigenvalue weighted by Gasteiger charge is 2.14. The first-order chi connectivity index (χ1) is 13.8. The molecule has 4 nitrogen and oxygen atoms in total. The summed E-state index contributed by atoms with van der Waals surface area (Å²) in [6.45, 7) is 2.58. The van der Waals surface area contributed by atoms with Crippen molar-refractivity contribution in [3.8, 4) is 5.75 Å². The lowest BCUT2D eigenvalue weighted by Gasteiger charge is -2.22. The zero-order valence-corrected chi connectivity index (χ0v) is 17.7. The van der Waals surface area contributed by atoms with Crippen molar-refractivity contribution in [2.24, 2.45) is 5.73 Å². The fourth-order valence-corrected chi connectivity index (χ4v) is 4.10. The molecule has 0 saturated heterocycles. The molecule has 0 aliphatic rings. The molecule has 0 bridgehead atoms. The Morgan fingerprint density at radius 3 is 2.41 bits per heavy atom. The first-order valence-corrected chi connectivity index (χ1v) is 10.2. The van der Waals surface area contributed by atoms with Crippen LogP contribution in [-0.4, -0.2) is 18.1 Å². The van der Waals surface area contributed by atoms with Gasteiger partial charge in [-0.2, -0.15) is 0 Å². The van der Waals surface area contributed by atoms with Gasteiger partial charge in [0, 0.05) is 25.2 Å². The Balaban J connectivity index is 0.00000240. The molecule has 0 radical (unpaired) electrons. The lowest BCUT2D eigenvalue weighted by atomic mass is 10.2. The Labute approximate surface area is 181 Å². The van der Waals surface area contributed by atoms with E-state index in [0.29, 0.717) is 19.7 Å². The molecule has 6 heteroatoms. The molecule has 4 aromatic rings. The van der Waals surface area contributed by atoms with Crippen molar-refractivity contribution < 1.29 is 4.74 Å². The quantitative estimate of drug-likeness (QED) is 0.418. The van der Waals surface area contributed by atoms with Gasteiger partial charge in [-0.05, 0) is 23.8 Å². The molecule has 29 heavy (non-hydrogen) atoms. The number of rotatable bonds is 8. The highest BCUT2D eigenvalue weighted by atomic mass is 35.5. The number of benzene rings is 3. The zero-order chi connectivity index (χ0) is 19.2. The van der Waals surface area contributed by atoms with Crippen LogP contribution in [0.3, 0.4) is 0 Å². The Morgan fingerprint density at radius 1 is 0.897 bits per heavy atom. The highest BCUT2D eigenvalue weighted by Crippen LogP contribution is 2.31. The fraction of sp³-hybridized carbons (Fsp3) is 0.174. The van der Waals surface area contributed by atoms with Crippen molar-refractivity contribution in [3.05, 3.63) is 90.0 Å². The molecule has 1 heterocycles. The number of halogens is 1. The van der Waals surface area contributed by atoms with Gasteiger partial charge in [-0.15, -0.1) is 12.4 Å². The molecule has 0 amide bonds. The highest BCUT2D eigenvalue weighted by molar-refractivity contribution is 7.22. The Hall–Kier alpha value is -2.60. The third-order valence-electron chi connectivity index (χ3n) is 4.52. The predicted octanol–water partition coefficient (Wildman–Crippen LogP) is 5.26. The van der Waals surface area contributed by atoms with E-state index in [2.05, 4.69) is 29.2 Å². The van der Waals surface area contributed by atoms with Crippen LogP contribution in [-0.2, 0) is 13.2 Å². The maximum atomic E-state index is 6.12. The second-order valence-electron chi connectivity index (χ2n) is 6.56. The number of thiazole rings is 1. The number of hydrogen-bond donors (Lipinski definition) is 1. The molecule has 0 atom stereocenters. The molecule has 0 aliphatic heterocycles. The second-order valence-corrected chi connectivity index (χ2v) is 7.57. The molecule has 0 fully saturated rings. The fourth-order valence-electron chi connectivity index (χ4n) is 3.11. The number of fused-ring (bicyclic) bond motifs is 1. The molecule has 3 aromatic carbocycles. The number of para-hydroxylation sites is 2. The molecular weight excluding hydrogens is 402 g/mol. The minimum Gasteiger partial charge on any atom is -0.489 e. The molecule has 2 N–H and O–H groups in total. The van der Waals surface area contributed by atoms with Gasteiger partial charge in [-0.3, -0.25) is 0 Å². The predicted molar refractivity (Wildman–Crippen MR) is 124 cm³/mol. The van der Waals surface area contributed by atoms with Gasteiger partial charge in [0.15, 0.2) is 5.13 Å². The normalized spacial score (nSPS) is 10.5. The van der Waals surface area contributed by atoms with Crippen molar-refractivity contribution in [3.63, 3.8) is 0 Å². The number of nitrogens with zero attached hydrogens (tertiary/aromatic N) is 2. The van der Waals surface area contributed by atoms with Crippen LogP contribution >= 0.6 is 23.7 Å². The first-order valence-electron chi connectivity index (χ1n) is 9.39. The summed E-state index contributed by atoms with van der Waals surface area (Å²) in [4.78, 5) is 7.03. The Kier molecular flexibility index (Phi) is 7.47. The zero-order valence-electron chi connectivity index (χ0n) is 16.0. The van der Waals surface area contributed by atoms with E-state index in [1.807, 2.05) is 54.6 Å². The van der Waals surface area contributed by atoms with Crippen molar-refractivity contribution in [1.29, 1.82) is 0 Å². The molecule has 150 valence electrons. The first kappa shape index (κ1) is 21.1. The van der Waals surface area contributed by atoms with Gasteiger partial charge in [0.25, 0.3) is 0 Å². The van der Waals surface area contributed by atoms with Crippen LogP contribution < -0.4 is 15.4 Å². The third kappa shape index (κ3) is 5.26. The van der Waals surface area contributed by atoms with Crippen molar-refractivity contribution in [2.75, 3.05) is 18.0 Å². The smallest absolute Gasteiger partial charge is 0.186 e. The molecule has 0 unspecified atom stereocenters. The average Bonchev–Trinajstić information content (AvgIpc) is 3.18. The van der Waals surface area contributed by atoms with Crippen LogP contribution in [0.15, 0.2) is 78.9 Å². The SMILES string of the molecule is Cl.NCCN(Cc1ccccc1OCc1ccccc1)c1nc2ccccc2s1. The molecule has 0 aliphatic carbocycles. The number of hydrogen-bond acceptors (Lipinski definition) is 5. The van der Waals surface area contributed by atoms with Gasteiger partial charge in [0.1, 0.15) is 12.4 Å². The molecule has 1 aromatic heterocycles. The minimum absolute atomic E-state index is 0. The molecule has 0 spiro atoms. The van der Waals surface area contributed by atoms with E-state index in [4.69, 9.17) is 15.5 Å². The summed E-state index contributed by atoms with van der Waals surface area (Å²) >= 11 is 1.70. The number of ether oxygens (including phenoxy) is 1. The standard InChI is InChI=1S/C23H23N3OS.ClH/c24-14-15-26(23-25-20-11-5-7-13-22(20)28-23)16-19-10-4-6-12-21(19)27-17-18-8-2-1-3-9-18;/h1-13H,14-17,24H2;1H. The van der Waals surface area contributed by atoms with Crippen LogP contribution in [0.1, 0.15) is 11.1 Å². The molecular formula is C23H24ClN3OS. The molecule has 0 saturated carbocycles. The largest absolute Gasteiger partial charge is 0.489 e. The summed E-state index contributed by atoms with van der Waals surface area (Å²) in [5, 5.41) is 0.990. The van der Waals surface area contributed by atoms with Crippen LogP contribution in [0, 0.1) is 0 Å². The van der Waals surface area contributed by atoms with E-state index < -0.39 is 0 Å². The van der Waals surface area contributed by atoms with Gasteiger partial charge in [0.2, 0.25) is 0 Å². The minimum atomic E-state index is 0. The Morgan fingerprint density at radius 2 is 1.62 bits per heavy atom. The topological polar surface area (TPSA) is 51.4 Å². The second kappa shape index (κ2) is 10.3. The summed E-state index contributed by atoms with van der Waals surface area (Å²) in [6.07, 6.45) is 0. The summed E-state index contributed by atoms with van der Waals surface area (Å²) in [7, 11) is 0. The van der Waals surface area contributed by atoms with Gasteiger partial charge < -0.3 is 15.4 Å². The summed E-state index contributed by atoms with van der Waals surface area (Å²) < 4.78 is 7.31. The van der Waals surface area contributed by atoms with Gasteiger partial charge >= 0.3 is 0 Å². The van der Waals surface area contributed by atoms with E-state index in [1.165, 1.54) is 4.70 Å². The number of anilines is 1. The van der Waals surface area contributed by atoms with E-state index in [0.717, 1.165) is 34.1 Å². The van der Waals surface area contributed by atoms with E-state index in [-0.39, 0.29) is 12.4 Å². The number of aromatic nitrogens is 1. The van der Waals surface area contributed by atoms with Crippen molar-refractivity contribution in [2.45, 2.75) is 13.2 Å². The monoisotopic (exact) mass is 425 g/mol. The van der Waals surface area contributed by atoms with Crippen LogP contribution in [0.2, 0.25) is 0 Å². The molecule has 4 rings (SSSR count). The lowest BCUT2D eigenvalue weighted by Crippen LogP contribution is -2.29. The maximum Gasteiger partial charge on any atom is 0.186 e. The van der Waals surface area contributed by atoms with Gasteiger partial charge in [-0.25, -0.2) is 4.98 Å². The van der Waals surface area contributed by atoms with E-state index in [1.54, 1.807) is 11.3 Å². The van der Waals surface area contributed by atoms with Gasteiger partial charge in [-0.1, -0.05) is 72.0 Å². The van der Waals surface area contributed by atoms with Gasteiger partial charge in [0.05, 0.1) is 10.2 Å². The maximum absolute atomic E-state index is 6.12. The van der Waals surface area contributed by atoms with Crippen LogP contribution in [0.25, 0.3) is 10.2 Å². The van der Waals surface area contributed by atoms with Crippen LogP contribution in [0.5, 0.6) is 5.75 Å². The third-order valence-corrected chi connectivity index (χ3v) is 5.62. The van der Waals surface area contributed by atoms with E-state index in [9.17, 15) is 0 Å². The summed E-state index contributed by atoms with van der Waals surface area (Å²) in [6, 6.07) is 26.6. The van der Waals surface area contributed by atoms with E-state index >= 15 is 0 Å². The average molecular weight is 426 g/mol. The van der Waals surface area contributed by atoms with Crippen LogP contribution in [0.4, 0.5) is 5.13 Å².